The minimum absolute atomic E-state index is 0.681. The van der Waals surface area contributed by atoms with E-state index in [0.717, 1.165) is 23.4 Å². The van der Waals surface area contributed by atoms with Gasteiger partial charge in [0.1, 0.15) is 0 Å². The summed E-state index contributed by atoms with van der Waals surface area (Å²) in [4.78, 5) is 3.96. The van der Waals surface area contributed by atoms with Crippen LogP contribution in [0.2, 0.25) is 5.02 Å². The lowest BCUT2D eigenvalue weighted by atomic mass is 10.2. The second kappa shape index (κ2) is 5.19. The van der Waals surface area contributed by atoms with Gasteiger partial charge in [-0.3, -0.25) is 9.67 Å². The molecule has 0 saturated heterocycles. The molecule has 5 heteroatoms. The average Bonchev–Trinajstić information content (AvgIpc) is 2.69. The quantitative estimate of drug-likeness (QED) is 0.907. The molecule has 0 aliphatic carbocycles. The number of pyridine rings is 1. The third-order valence-corrected chi connectivity index (χ3v) is 2.91. The number of halogens is 1. The van der Waals surface area contributed by atoms with Crippen LogP contribution in [0.4, 0.5) is 5.69 Å². The Kier molecular flexibility index (Phi) is 3.64. The summed E-state index contributed by atoms with van der Waals surface area (Å²) in [6.07, 6.45) is 6.29. The van der Waals surface area contributed by atoms with Crippen molar-refractivity contribution in [1.29, 1.82) is 0 Å². The van der Waals surface area contributed by atoms with Crippen molar-refractivity contribution < 1.29 is 0 Å². The fraction of sp³-hybridized carbons (Fsp3) is 0.333. The van der Waals surface area contributed by atoms with Crippen LogP contribution in [0.25, 0.3) is 0 Å². The maximum absolute atomic E-state index is 6.05. The van der Waals surface area contributed by atoms with E-state index < -0.39 is 0 Å². The number of anilines is 1. The second-order valence-electron chi connectivity index (χ2n) is 3.84. The molecule has 0 spiro atoms. The van der Waals surface area contributed by atoms with Gasteiger partial charge in [-0.15, -0.1) is 0 Å². The Morgan fingerprint density at radius 2 is 2.29 bits per heavy atom. The van der Waals surface area contributed by atoms with Crippen molar-refractivity contribution in [2.45, 2.75) is 19.9 Å². The van der Waals surface area contributed by atoms with Crippen LogP contribution in [-0.4, -0.2) is 14.8 Å². The van der Waals surface area contributed by atoms with Gasteiger partial charge in [0.15, 0.2) is 0 Å². The molecule has 0 saturated carbocycles. The fourth-order valence-corrected chi connectivity index (χ4v) is 1.87. The molecule has 2 aromatic rings. The van der Waals surface area contributed by atoms with E-state index in [2.05, 4.69) is 22.3 Å². The van der Waals surface area contributed by atoms with E-state index in [-0.39, 0.29) is 0 Å². The molecule has 0 aliphatic rings. The van der Waals surface area contributed by atoms with Crippen molar-refractivity contribution in [3.05, 3.63) is 40.9 Å². The Labute approximate surface area is 106 Å². The highest BCUT2D eigenvalue weighted by Crippen LogP contribution is 2.18. The van der Waals surface area contributed by atoms with Crippen LogP contribution >= 0.6 is 11.6 Å². The zero-order chi connectivity index (χ0) is 12.3. The number of aromatic nitrogens is 3. The molecule has 0 radical (unpaired) electrons. The summed E-state index contributed by atoms with van der Waals surface area (Å²) in [5.41, 5.74) is 3.16. The summed E-state index contributed by atoms with van der Waals surface area (Å²) < 4.78 is 1.81. The van der Waals surface area contributed by atoms with Gasteiger partial charge in [0, 0.05) is 32.2 Å². The number of aryl methyl sites for hydroxylation is 2. The molecular formula is C12H15ClN4. The molecule has 2 aromatic heterocycles. The largest absolute Gasteiger partial charge is 0.378 e. The maximum atomic E-state index is 6.05. The van der Waals surface area contributed by atoms with Crippen LogP contribution in [0.1, 0.15) is 18.2 Å². The van der Waals surface area contributed by atoms with Crippen molar-refractivity contribution in [2.75, 3.05) is 5.32 Å². The number of rotatable bonds is 4. The van der Waals surface area contributed by atoms with Gasteiger partial charge in [0.25, 0.3) is 0 Å². The molecule has 17 heavy (non-hydrogen) atoms. The lowest BCUT2D eigenvalue weighted by molar-refractivity contribution is 0.746. The predicted molar refractivity (Wildman–Crippen MR) is 69.2 cm³/mol. The third kappa shape index (κ3) is 2.77. The highest BCUT2D eigenvalue weighted by molar-refractivity contribution is 6.31. The minimum atomic E-state index is 0.681. The van der Waals surface area contributed by atoms with Crippen molar-refractivity contribution in [2.24, 2.45) is 7.05 Å². The van der Waals surface area contributed by atoms with Gasteiger partial charge >= 0.3 is 0 Å². The highest BCUT2D eigenvalue weighted by atomic mass is 35.5. The molecule has 1 N–H and O–H groups in total. The van der Waals surface area contributed by atoms with E-state index >= 15 is 0 Å². The van der Waals surface area contributed by atoms with E-state index in [1.807, 2.05) is 24.0 Å². The number of nitrogens with one attached hydrogen (secondary N) is 1. The Hall–Kier alpha value is -1.55. The monoisotopic (exact) mass is 250 g/mol. The standard InChI is InChI=1S/C12H15ClN4/c1-3-11-12(8-17(2)16-11)15-6-9-4-5-14-7-10(9)13/h4-5,7-8,15H,3,6H2,1-2H3. The molecule has 0 fully saturated rings. The molecule has 0 aliphatic heterocycles. The fourth-order valence-electron chi connectivity index (χ4n) is 1.68. The minimum Gasteiger partial charge on any atom is -0.378 e. The van der Waals surface area contributed by atoms with Gasteiger partial charge in [-0.2, -0.15) is 5.10 Å². The molecule has 0 atom stereocenters. The Morgan fingerprint density at radius 3 is 3.00 bits per heavy atom. The molecule has 4 nitrogen and oxygen atoms in total. The smallest absolute Gasteiger partial charge is 0.0853 e. The van der Waals surface area contributed by atoms with Gasteiger partial charge < -0.3 is 5.32 Å². The average molecular weight is 251 g/mol. The van der Waals surface area contributed by atoms with Crippen molar-refractivity contribution >= 4 is 17.3 Å². The Morgan fingerprint density at radius 1 is 1.47 bits per heavy atom. The van der Waals surface area contributed by atoms with Gasteiger partial charge in [-0.25, -0.2) is 0 Å². The molecule has 0 bridgehead atoms. The van der Waals surface area contributed by atoms with Crippen LogP contribution in [0.5, 0.6) is 0 Å². The van der Waals surface area contributed by atoms with Crippen LogP contribution < -0.4 is 5.32 Å². The van der Waals surface area contributed by atoms with E-state index in [1.165, 1.54) is 0 Å². The van der Waals surface area contributed by atoms with E-state index in [0.29, 0.717) is 11.6 Å². The van der Waals surface area contributed by atoms with Gasteiger partial charge in [0.05, 0.1) is 16.4 Å². The molecule has 0 unspecified atom stereocenters. The van der Waals surface area contributed by atoms with Crippen LogP contribution in [-0.2, 0) is 20.0 Å². The lowest BCUT2D eigenvalue weighted by Crippen LogP contribution is -2.01. The molecule has 2 rings (SSSR count). The van der Waals surface area contributed by atoms with Crippen molar-refractivity contribution in [1.82, 2.24) is 14.8 Å². The van der Waals surface area contributed by atoms with E-state index in [9.17, 15) is 0 Å². The lowest BCUT2D eigenvalue weighted by Gasteiger charge is -2.06. The summed E-state index contributed by atoms with van der Waals surface area (Å²) in [5.74, 6) is 0. The topological polar surface area (TPSA) is 42.7 Å². The number of hydrogen-bond donors (Lipinski definition) is 1. The zero-order valence-electron chi connectivity index (χ0n) is 9.94. The normalized spacial score (nSPS) is 10.5. The third-order valence-electron chi connectivity index (χ3n) is 2.57. The summed E-state index contributed by atoms with van der Waals surface area (Å²) >= 11 is 6.05. The van der Waals surface area contributed by atoms with Crippen molar-refractivity contribution in [3.63, 3.8) is 0 Å². The SMILES string of the molecule is CCc1nn(C)cc1NCc1ccncc1Cl. The molecule has 90 valence electrons. The highest BCUT2D eigenvalue weighted by Gasteiger charge is 2.06. The van der Waals surface area contributed by atoms with Crippen molar-refractivity contribution in [3.8, 4) is 0 Å². The summed E-state index contributed by atoms with van der Waals surface area (Å²) in [6, 6.07) is 1.91. The predicted octanol–water partition coefficient (Wildman–Crippen LogP) is 2.64. The van der Waals surface area contributed by atoms with E-state index in [4.69, 9.17) is 11.6 Å². The van der Waals surface area contributed by atoms with Crippen LogP contribution in [0.3, 0.4) is 0 Å². The van der Waals surface area contributed by atoms with Crippen LogP contribution in [0, 0.1) is 0 Å². The van der Waals surface area contributed by atoms with Crippen LogP contribution in [0.15, 0.2) is 24.7 Å². The first-order valence-corrected chi connectivity index (χ1v) is 5.93. The molecular weight excluding hydrogens is 236 g/mol. The Balaban J connectivity index is 2.09. The Bertz CT molecular complexity index is 507. The molecule has 0 aromatic carbocycles. The van der Waals surface area contributed by atoms with Gasteiger partial charge in [0.2, 0.25) is 0 Å². The maximum Gasteiger partial charge on any atom is 0.0853 e. The summed E-state index contributed by atoms with van der Waals surface area (Å²) in [7, 11) is 1.92. The zero-order valence-corrected chi connectivity index (χ0v) is 10.7. The first-order chi connectivity index (χ1) is 8.20. The van der Waals surface area contributed by atoms with Gasteiger partial charge in [-0.1, -0.05) is 18.5 Å². The van der Waals surface area contributed by atoms with Gasteiger partial charge in [-0.05, 0) is 18.1 Å². The number of hydrogen-bond acceptors (Lipinski definition) is 3. The van der Waals surface area contributed by atoms with E-state index in [1.54, 1.807) is 12.4 Å². The summed E-state index contributed by atoms with van der Waals surface area (Å²) in [5, 5.41) is 8.40. The number of nitrogens with zero attached hydrogens (tertiary/aromatic N) is 3. The molecule has 2 heterocycles. The summed E-state index contributed by atoms with van der Waals surface area (Å²) in [6.45, 7) is 2.77. The molecule has 0 amide bonds. The second-order valence-corrected chi connectivity index (χ2v) is 4.24. The first-order valence-electron chi connectivity index (χ1n) is 5.55. The first kappa shape index (κ1) is 11.9.